The molecule has 0 aromatic carbocycles. The summed E-state index contributed by atoms with van der Waals surface area (Å²) in [5.41, 5.74) is 0.679. The highest BCUT2D eigenvalue weighted by atomic mass is 16.2. The van der Waals surface area contributed by atoms with Crippen molar-refractivity contribution in [3.63, 3.8) is 0 Å². The third-order valence-corrected chi connectivity index (χ3v) is 3.53. The fourth-order valence-electron chi connectivity index (χ4n) is 2.41. The molecule has 6 nitrogen and oxygen atoms in total. The molecule has 1 saturated heterocycles. The van der Waals surface area contributed by atoms with E-state index in [0.717, 1.165) is 25.1 Å². The lowest BCUT2D eigenvalue weighted by atomic mass is 9.96. The number of aromatic nitrogens is 2. The van der Waals surface area contributed by atoms with Gasteiger partial charge in [-0.05, 0) is 12.8 Å². The summed E-state index contributed by atoms with van der Waals surface area (Å²) < 4.78 is 1.30. The van der Waals surface area contributed by atoms with E-state index >= 15 is 0 Å². The third kappa shape index (κ3) is 2.94. The van der Waals surface area contributed by atoms with E-state index in [0.29, 0.717) is 6.54 Å². The van der Waals surface area contributed by atoms with Crippen molar-refractivity contribution in [1.82, 2.24) is 14.7 Å². The molecule has 2 rings (SSSR count). The van der Waals surface area contributed by atoms with E-state index in [9.17, 15) is 9.59 Å². The van der Waals surface area contributed by atoms with Crippen LogP contribution < -0.4 is 10.5 Å². The average Bonchev–Trinajstić information content (AvgIpc) is 2.41. The fraction of sp³-hybridized carbons (Fsp3) is 0.615. The minimum Gasteiger partial charge on any atom is -0.369 e. The van der Waals surface area contributed by atoms with Gasteiger partial charge in [-0.15, -0.1) is 0 Å². The highest BCUT2D eigenvalue weighted by molar-refractivity contribution is 5.79. The Balaban J connectivity index is 2.15. The summed E-state index contributed by atoms with van der Waals surface area (Å²) in [4.78, 5) is 27.3. The van der Waals surface area contributed by atoms with Crippen LogP contribution in [0, 0.1) is 5.92 Å². The van der Waals surface area contributed by atoms with Gasteiger partial charge in [0.2, 0.25) is 5.91 Å². The van der Waals surface area contributed by atoms with Gasteiger partial charge in [0.05, 0.1) is 17.8 Å². The number of amides is 1. The van der Waals surface area contributed by atoms with E-state index in [1.807, 2.05) is 0 Å². The first-order valence-electron chi connectivity index (χ1n) is 6.48. The molecule has 1 aromatic heterocycles. The quantitative estimate of drug-likeness (QED) is 0.759. The van der Waals surface area contributed by atoms with Crippen molar-refractivity contribution in [1.29, 1.82) is 0 Å². The van der Waals surface area contributed by atoms with Crippen molar-refractivity contribution in [2.75, 3.05) is 32.1 Å². The first kappa shape index (κ1) is 13.6. The first-order valence-corrected chi connectivity index (χ1v) is 6.48. The Morgan fingerprint density at radius 3 is 2.84 bits per heavy atom. The summed E-state index contributed by atoms with van der Waals surface area (Å²) in [6.45, 7) is 1.53. The summed E-state index contributed by atoms with van der Waals surface area (Å²) >= 11 is 0. The van der Waals surface area contributed by atoms with Crippen LogP contribution in [0.25, 0.3) is 0 Å². The molecule has 104 valence electrons. The van der Waals surface area contributed by atoms with Crippen LogP contribution in [0.3, 0.4) is 0 Å². The minimum atomic E-state index is -0.126. The molecule has 2 heterocycles. The Hall–Kier alpha value is -1.85. The Bertz CT molecular complexity index is 524. The van der Waals surface area contributed by atoms with Gasteiger partial charge in [-0.2, -0.15) is 5.10 Å². The molecule has 1 fully saturated rings. The van der Waals surface area contributed by atoms with Gasteiger partial charge in [0.15, 0.2) is 0 Å². The molecule has 1 amide bonds. The van der Waals surface area contributed by atoms with Gasteiger partial charge in [0.25, 0.3) is 5.56 Å². The van der Waals surface area contributed by atoms with Gasteiger partial charge in [-0.1, -0.05) is 0 Å². The van der Waals surface area contributed by atoms with Gasteiger partial charge < -0.3 is 9.80 Å². The Labute approximate surface area is 112 Å². The molecule has 0 saturated carbocycles. The summed E-state index contributed by atoms with van der Waals surface area (Å²) in [6.07, 6.45) is 3.55. The molecule has 0 bridgehead atoms. The normalized spacial score (nSPS) is 19.3. The predicted octanol–water partition coefficient (Wildman–Crippen LogP) is 0.0849. The van der Waals surface area contributed by atoms with Gasteiger partial charge in [-0.25, -0.2) is 4.68 Å². The van der Waals surface area contributed by atoms with Crippen LogP contribution in [0.15, 0.2) is 17.1 Å². The zero-order valence-electron chi connectivity index (χ0n) is 11.7. The number of piperidine rings is 1. The molecule has 1 aromatic rings. The molecule has 1 aliphatic rings. The SMILES string of the molecule is CN(C)C(=O)[C@H]1CCCN(c2cnn(C)c(=O)c2)C1. The van der Waals surface area contributed by atoms with E-state index in [-0.39, 0.29) is 17.4 Å². The number of hydrogen-bond acceptors (Lipinski definition) is 4. The Morgan fingerprint density at radius 2 is 2.21 bits per heavy atom. The second kappa shape index (κ2) is 5.42. The smallest absolute Gasteiger partial charge is 0.268 e. The molecule has 0 aliphatic carbocycles. The number of aryl methyl sites for hydroxylation is 1. The zero-order chi connectivity index (χ0) is 14.0. The van der Waals surface area contributed by atoms with Crippen molar-refractivity contribution < 1.29 is 4.79 Å². The predicted molar refractivity (Wildman–Crippen MR) is 73.1 cm³/mol. The first-order chi connectivity index (χ1) is 8.99. The van der Waals surface area contributed by atoms with Crippen LogP contribution in [0.2, 0.25) is 0 Å². The molecule has 0 radical (unpaired) electrons. The average molecular weight is 264 g/mol. The third-order valence-electron chi connectivity index (χ3n) is 3.53. The lowest BCUT2D eigenvalue weighted by molar-refractivity contribution is -0.133. The number of carbonyl (C=O) groups excluding carboxylic acids is 1. The van der Waals surface area contributed by atoms with Crippen LogP contribution in [0.5, 0.6) is 0 Å². The van der Waals surface area contributed by atoms with E-state index in [4.69, 9.17) is 0 Å². The summed E-state index contributed by atoms with van der Waals surface area (Å²) in [5, 5.41) is 4.03. The van der Waals surface area contributed by atoms with E-state index in [2.05, 4.69) is 10.00 Å². The zero-order valence-corrected chi connectivity index (χ0v) is 11.7. The van der Waals surface area contributed by atoms with Crippen LogP contribution in [-0.2, 0) is 11.8 Å². The van der Waals surface area contributed by atoms with Crippen LogP contribution >= 0.6 is 0 Å². The van der Waals surface area contributed by atoms with Crippen molar-refractivity contribution >= 4 is 11.6 Å². The molecular formula is C13H20N4O2. The number of carbonyl (C=O) groups is 1. The van der Waals surface area contributed by atoms with Crippen molar-refractivity contribution in [2.45, 2.75) is 12.8 Å². The van der Waals surface area contributed by atoms with Crippen LogP contribution in [0.4, 0.5) is 5.69 Å². The van der Waals surface area contributed by atoms with E-state index < -0.39 is 0 Å². The Morgan fingerprint density at radius 1 is 1.47 bits per heavy atom. The molecule has 19 heavy (non-hydrogen) atoms. The van der Waals surface area contributed by atoms with E-state index in [1.54, 1.807) is 38.3 Å². The van der Waals surface area contributed by atoms with Crippen LogP contribution in [-0.4, -0.2) is 47.8 Å². The molecule has 0 unspecified atom stereocenters. The topological polar surface area (TPSA) is 58.4 Å². The molecular weight excluding hydrogens is 244 g/mol. The molecule has 0 N–H and O–H groups in total. The van der Waals surface area contributed by atoms with Crippen molar-refractivity contribution in [3.05, 3.63) is 22.6 Å². The highest BCUT2D eigenvalue weighted by Gasteiger charge is 2.27. The molecule has 6 heteroatoms. The van der Waals surface area contributed by atoms with Gasteiger partial charge in [-0.3, -0.25) is 9.59 Å². The van der Waals surface area contributed by atoms with E-state index in [1.165, 1.54) is 4.68 Å². The monoisotopic (exact) mass is 264 g/mol. The largest absolute Gasteiger partial charge is 0.369 e. The summed E-state index contributed by atoms with van der Waals surface area (Å²) in [6, 6.07) is 1.58. The maximum Gasteiger partial charge on any atom is 0.268 e. The van der Waals surface area contributed by atoms with Crippen molar-refractivity contribution in [2.24, 2.45) is 13.0 Å². The number of nitrogens with zero attached hydrogens (tertiary/aromatic N) is 4. The minimum absolute atomic E-state index is 0.00723. The second-order valence-corrected chi connectivity index (χ2v) is 5.19. The standard InChI is InChI=1S/C13H20N4O2/c1-15(2)13(19)10-5-4-6-17(9-10)11-7-12(18)16(3)14-8-11/h7-8,10H,4-6,9H2,1-3H3/t10-/m0/s1. The molecule has 0 spiro atoms. The second-order valence-electron chi connectivity index (χ2n) is 5.19. The van der Waals surface area contributed by atoms with Crippen molar-refractivity contribution in [3.8, 4) is 0 Å². The lowest BCUT2D eigenvalue weighted by Gasteiger charge is -2.34. The molecule has 1 atom stereocenters. The highest BCUT2D eigenvalue weighted by Crippen LogP contribution is 2.22. The van der Waals surface area contributed by atoms with Crippen LogP contribution in [0.1, 0.15) is 12.8 Å². The summed E-state index contributed by atoms with van der Waals surface area (Å²) in [7, 11) is 5.18. The van der Waals surface area contributed by atoms with Gasteiger partial charge >= 0.3 is 0 Å². The number of hydrogen-bond donors (Lipinski definition) is 0. The number of anilines is 1. The maximum absolute atomic E-state index is 12.0. The maximum atomic E-state index is 12.0. The molecule has 1 aliphatic heterocycles. The number of rotatable bonds is 2. The fourth-order valence-corrected chi connectivity index (χ4v) is 2.41. The lowest BCUT2D eigenvalue weighted by Crippen LogP contribution is -2.43. The van der Waals surface area contributed by atoms with Gasteiger partial charge in [0.1, 0.15) is 0 Å². The summed E-state index contributed by atoms with van der Waals surface area (Å²) in [5.74, 6) is 0.161. The van der Waals surface area contributed by atoms with Gasteiger partial charge in [0, 0.05) is 40.3 Å². The Kier molecular flexibility index (Phi) is 3.87.